The van der Waals surface area contributed by atoms with Crippen molar-refractivity contribution in [3.05, 3.63) is 30.5 Å². The molecule has 2 aromatic rings. The van der Waals surface area contributed by atoms with Gasteiger partial charge in [-0.15, -0.1) is 0 Å². The summed E-state index contributed by atoms with van der Waals surface area (Å²) >= 11 is 2.01. The van der Waals surface area contributed by atoms with Crippen LogP contribution in [0.3, 0.4) is 0 Å². The van der Waals surface area contributed by atoms with Gasteiger partial charge >= 0.3 is 0 Å². The molecule has 0 amide bonds. The van der Waals surface area contributed by atoms with E-state index in [0.717, 1.165) is 16.6 Å². The molecular weight excluding hydrogens is 230 g/mol. The second kappa shape index (κ2) is 4.45. The number of nitrogens with one attached hydrogen (secondary N) is 1. The minimum atomic E-state index is 0.586. The average Bonchev–Trinajstić information content (AvgIpc) is 2.82. The number of thioether (sulfide) groups is 1. The van der Waals surface area contributed by atoms with Crippen LogP contribution < -0.4 is 11.1 Å². The lowest BCUT2D eigenvalue weighted by Crippen LogP contribution is -2.18. The molecule has 1 fully saturated rings. The number of benzene rings is 1. The summed E-state index contributed by atoms with van der Waals surface area (Å²) in [5.41, 5.74) is 8.66. The van der Waals surface area contributed by atoms with Crippen molar-refractivity contribution in [2.45, 2.75) is 12.5 Å². The highest BCUT2D eigenvalue weighted by Gasteiger charge is 2.15. The zero-order valence-corrected chi connectivity index (χ0v) is 10.3. The second-order valence-corrected chi connectivity index (χ2v) is 5.49. The van der Waals surface area contributed by atoms with E-state index in [2.05, 4.69) is 10.3 Å². The third-order valence-electron chi connectivity index (χ3n) is 3.06. The Kier molecular flexibility index (Phi) is 2.81. The first-order valence-corrected chi connectivity index (χ1v) is 6.97. The SMILES string of the molecule is Nc1ccc2c(NC3CCSC3)ccnc2c1. The molecule has 0 saturated carbocycles. The summed E-state index contributed by atoms with van der Waals surface area (Å²) in [5.74, 6) is 2.45. The molecule has 17 heavy (non-hydrogen) atoms. The molecular formula is C13H15N3S. The van der Waals surface area contributed by atoms with E-state index < -0.39 is 0 Å². The average molecular weight is 245 g/mol. The van der Waals surface area contributed by atoms with E-state index in [-0.39, 0.29) is 0 Å². The highest BCUT2D eigenvalue weighted by atomic mass is 32.2. The van der Waals surface area contributed by atoms with Gasteiger partial charge in [0.15, 0.2) is 0 Å². The van der Waals surface area contributed by atoms with Gasteiger partial charge in [-0.3, -0.25) is 4.98 Å². The van der Waals surface area contributed by atoms with E-state index in [1.165, 1.54) is 23.6 Å². The Morgan fingerprint density at radius 3 is 3.12 bits per heavy atom. The molecule has 0 spiro atoms. The van der Waals surface area contributed by atoms with Crippen molar-refractivity contribution in [1.82, 2.24) is 4.98 Å². The molecule has 0 aliphatic carbocycles. The van der Waals surface area contributed by atoms with Crippen molar-refractivity contribution in [3.8, 4) is 0 Å². The van der Waals surface area contributed by atoms with Gasteiger partial charge in [0.05, 0.1) is 5.52 Å². The number of nitrogens with two attached hydrogens (primary N) is 1. The molecule has 88 valence electrons. The van der Waals surface area contributed by atoms with Gasteiger partial charge in [-0.05, 0) is 36.4 Å². The van der Waals surface area contributed by atoms with Gasteiger partial charge in [-0.1, -0.05) is 0 Å². The van der Waals surface area contributed by atoms with Crippen LogP contribution in [-0.4, -0.2) is 22.5 Å². The number of nitrogens with zero attached hydrogens (tertiary/aromatic N) is 1. The van der Waals surface area contributed by atoms with Crippen LogP contribution >= 0.6 is 11.8 Å². The minimum absolute atomic E-state index is 0.586. The Balaban J connectivity index is 1.97. The molecule has 1 saturated heterocycles. The fraction of sp³-hybridized carbons (Fsp3) is 0.308. The predicted molar refractivity (Wildman–Crippen MR) is 75.5 cm³/mol. The largest absolute Gasteiger partial charge is 0.399 e. The number of fused-ring (bicyclic) bond motifs is 1. The van der Waals surface area contributed by atoms with Crippen LogP contribution in [0.2, 0.25) is 0 Å². The second-order valence-electron chi connectivity index (χ2n) is 4.34. The number of hydrogen-bond donors (Lipinski definition) is 2. The van der Waals surface area contributed by atoms with Gasteiger partial charge in [0.2, 0.25) is 0 Å². The summed E-state index contributed by atoms with van der Waals surface area (Å²) in [6.45, 7) is 0. The molecule has 3 N–H and O–H groups in total. The summed E-state index contributed by atoms with van der Waals surface area (Å²) in [5, 5.41) is 4.75. The fourth-order valence-electron chi connectivity index (χ4n) is 2.16. The topological polar surface area (TPSA) is 50.9 Å². The molecule has 1 aliphatic rings. The van der Waals surface area contributed by atoms with Crippen LogP contribution in [0, 0.1) is 0 Å². The normalized spacial score (nSPS) is 19.6. The number of pyridine rings is 1. The Bertz CT molecular complexity index is 535. The van der Waals surface area contributed by atoms with E-state index in [1.54, 1.807) is 0 Å². The van der Waals surface area contributed by atoms with Crippen LogP contribution in [0.4, 0.5) is 11.4 Å². The first-order valence-electron chi connectivity index (χ1n) is 5.81. The molecule has 0 bridgehead atoms. The third kappa shape index (κ3) is 2.17. The van der Waals surface area contributed by atoms with Crippen molar-refractivity contribution in [2.75, 3.05) is 22.6 Å². The van der Waals surface area contributed by atoms with E-state index >= 15 is 0 Å². The molecule has 1 atom stereocenters. The first kappa shape index (κ1) is 10.7. The lowest BCUT2D eigenvalue weighted by molar-refractivity contribution is 0.814. The highest BCUT2D eigenvalue weighted by Crippen LogP contribution is 2.27. The van der Waals surface area contributed by atoms with Crippen molar-refractivity contribution in [2.24, 2.45) is 0 Å². The standard InChI is InChI=1S/C13H15N3S/c14-9-1-2-11-12(3-5-15-13(11)7-9)16-10-4-6-17-8-10/h1-3,5,7,10H,4,6,8,14H2,(H,15,16). The molecule has 1 unspecified atom stereocenters. The van der Waals surface area contributed by atoms with Gasteiger partial charge in [-0.2, -0.15) is 11.8 Å². The third-order valence-corrected chi connectivity index (χ3v) is 4.22. The van der Waals surface area contributed by atoms with Crippen molar-refractivity contribution in [3.63, 3.8) is 0 Å². The maximum atomic E-state index is 5.77. The van der Waals surface area contributed by atoms with Crippen molar-refractivity contribution < 1.29 is 0 Å². The summed E-state index contributed by atoms with van der Waals surface area (Å²) in [4.78, 5) is 4.35. The quantitative estimate of drug-likeness (QED) is 0.799. The van der Waals surface area contributed by atoms with Crippen molar-refractivity contribution in [1.29, 1.82) is 0 Å². The number of rotatable bonds is 2. The maximum absolute atomic E-state index is 5.77. The van der Waals surface area contributed by atoms with E-state index in [9.17, 15) is 0 Å². The predicted octanol–water partition coefficient (Wildman–Crippen LogP) is 2.73. The number of aromatic nitrogens is 1. The highest BCUT2D eigenvalue weighted by molar-refractivity contribution is 7.99. The smallest absolute Gasteiger partial charge is 0.0743 e. The Morgan fingerprint density at radius 2 is 2.29 bits per heavy atom. The molecule has 4 heteroatoms. The van der Waals surface area contributed by atoms with E-state index in [0.29, 0.717) is 6.04 Å². The number of anilines is 2. The maximum Gasteiger partial charge on any atom is 0.0743 e. The molecule has 3 rings (SSSR count). The van der Waals surface area contributed by atoms with Crippen molar-refractivity contribution >= 4 is 34.0 Å². The number of nitrogen functional groups attached to an aromatic ring is 1. The molecule has 0 radical (unpaired) electrons. The molecule has 1 aromatic carbocycles. The fourth-order valence-corrected chi connectivity index (χ4v) is 3.31. The van der Waals surface area contributed by atoms with Crippen LogP contribution in [0.5, 0.6) is 0 Å². The van der Waals surface area contributed by atoms with Crippen LogP contribution in [0.15, 0.2) is 30.5 Å². The van der Waals surface area contributed by atoms with Crippen LogP contribution in [0.1, 0.15) is 6.42 Å². The van der Waals surface area contributed by atoms with Gasteiger partial charge in [0.1, 0.15) is 0 Å². The summed E-state index contributed by atoms with van der Waals surface area (Å²) in [6.07, 6.45) is 3.08. The summed E-state index contributed by atoms with van der Waals surface area (Å²) < 4.78 is 0. The monoisotopic (exact) mass is 245 g/mol. The van der Waals surface area contributed by atoms with Gasteiger partial charge in [0.25, 0.3) is 0 Å². The Morgan fingerprint density at radius 1 is 1.35 bits per heavy atom. The zero-order chi connectivity index (χ0) is 11.7. The van der Waals surface area contributed by atoms with E-state index in [1.807, 2.05) is 42.2 Å². The van der Waals surface area contributed by atoms with Crippen LogP contribution in [0.25, 0.3) is 10.9 Å². The van der Waals surface area contributed by atoms with Gasteiger partial charge in [-0.25, -0.2) is 0 Å². The molecule has 1 aromatic heterocycles. The van der Waals surface area contributed by atoms with Gasteiger partial charge < -0.3 is 11.1 Å². The summed E-state index contributed by atoms with van der Waals surface area (Å²) in [7, 11) is 0. The zero-order valence-electron chi connectivity index (χ0n) is 9.52. The van der Waals surface area contributed by atoms with Gasteiger partial charge in [0, 0.05) is 34.8 Å². The number of hydrogen-bond acceptors (Lipinski definition) is 4. The minimum Gasteiger partial charge on any atom is -0.399 e. The summed E-state index contributed by atoms with van der Waals surface area (Å²) in [6, 6.07) is 8.52. The molecule has 3 nitrogen and oxygen atoms in total. The molecule has 2 heterocycles. The lowest BCUT2D eigenvalue weighted by atomic mass is 10.1. The molecule has 1 aliphatic heterocycles. The van der Waals surface area contributed by atoms with Crippen LogP contribution in [-0.2, 0) is 0 Å². The Labute approximate surface area is 105 Å². The first-order chi connectivity index (χ1) is 8.33. The lowest BCUT2D eigenvalue weighted by Gasteiger charge is -2.14. The Hall–Kier alpha value is -1.42. The van der Waals surface area contributed by atoms with E-state index in [4.69, 9.17) is 5.73 Å².